The Bertz CT molecular complexity index is 602. The zero-order valence-corrected chi connectivity index (χ0v) is 11.9. The molecule has 0 spiro atoms. The van der Waals surface area contributed by atoms with Crippen molar-refractivity contribution in [2.24, 2.45) is 0 Å². The first-order chi connectivity index (χ1) is 9.37. The third-order valence-corrected chi connectivity index (χ3v) is 5.02. The number of aromatic nitrogens is 1. The number of rotatable bonds is 4. The zero-order valence-electron chi connectivity index (χ0n) is 11.1. The molecular weight excluding hydrogens is 282 g/mol. The van der Waals surface area contributed by atoms with Gasteiger partial charge in [0.25, 0.3) is 0 Å². The molecule has 110 valence electrons. The van der Waals surface area contributed by atoms with Crippen LogP contribution in [0.1, 0.15) is 6.42 Å². The molecule has 2 heterocycles. The highest BCUT2D eigenvalue weighted by Gasteiger charge is 2.31. The lowest BCUT2D eigenvalue weighted by molar-refractivity contribution is -0.117. The van der Waals surface area contributed by atoms with Crippen LogP contribution in [0.4, 0.5) is 5.82 Å². The summed E-state index contributed by atoms with van der Waals surface area (Å²) in [6, 6.07) is 2.85. The van der Waals surface area contributed by atoms with Crippen LogP contribution in [0.15, 0.2) is 18.3 Å². The lowest BCUT2D eigenvalue weighted by atomic mass is 10.2. The lowest BCUT2D eigenvalue weighted by Gasteiger charge is -2.22. The van der Waals surface area contributed by atoms with Crippen molar-refractivity contribution < 1.29 is 18.3 Å². The summed E-state index contributed by atoms with van der Waals surface area (Å²) in [5.41, 5.74) is 0. The second-order valence-corrected chi connectivity index (χ2v) is 7.12. The fraction of sp³-hybridized carbons (Fsp3) is 0.500. The van der Waals surface area contributed by atoms with E-state index in [1.165, 1.54) is 12.3 Å². The Balaban J connectivity index is 1.90. The van der Waals surface area contributed by atoms with Gasteiger partial charge in [-0.15, -0.1) is 0 Å². The molecule has 1 aliphatic heterocycles. The van der Waals surface area contributed by atoms with Crippen molar-refractivity contribution in [3.05, 3.63) is 18.3 Å². The molecule has 7 nitrogen and oxygen atoms in total. The summed E-state index contributed by atoms with van der Waals surface area (Å²) in [5.74, 6) is -0.0845. The maximum atomic E-state index is 11.8. The van der Waals surface area contributed by atoms with E-state index in [9.17, 15) is 18.3 Å². The number of anilines is 1. The molecule has 0 saturated carbocycles. The van der Waals surface area contributed by atoms with E-state index in [-0.39, 0.29) is 41.6 Å². The normalized spacial score (nSPS) is 21.0. The van der Waals surface area contributed by atoms with E-state index in [2.05, 4.69) is 10.3 Å². The molecule has 0 radical (unpaired) electrons. The second-order valence-electron chi connectivity index (χ2n) is 4.89. The number of hydrogen-bond donors (Lipinski definition) is 2. The zero-order chi connectivity index (χ0) is 14.8. The quantitative estimate of drug-likeness (QED) is 0.802. The molecule has 0 bridgehead atoms. The summed E-state index contributed by atoms with van der Waals surface area (Å²) in [7, 11) is -1.26. The van der Waals surface area contributed by atoms with E-state index in [4.69, 9.17) is 0 Å². The molecule has 2 N–H and O–H groups in total. The van der Waals surface area contributed by atoms with Crippen LogP contribution in [0.3, 0.4) is 0 Å². The minimum atomic E-state index is -2.97. The van der Waals surface area contributed by atoms with Gasteiger partial charge in [-0.2, -0.15) is 0 Å². The number of nitrogens with one attached hydrogen (secondary N) is 1. The van der Waals surface area contributed by atoms with Crippen molar-refractivity contribution in [2.45, 2.75) is 12.5 Å². The minimum absolute atomic E-state index is 0.0518. The van der Waals surface area contributed by atoms with Gasteiger partial charge < -0.3 is 10.4 Å². The Morgan fingerprint density at radius 3 is 2.95 bits per heavy atom. The van der Waals surface area contributed by atoms with Crippen molar-refractivity contribution in [1.82, 2.24) is 9.88 Å². The maximum absolute atomic E-state index is 11.8. The molecule has 20 heavy (non-hydrogen) atoms. The van der Waals surface area contributed by atoms with Gasteiger partial charge >= 0.3 is 0 Å². The van der Waals surface area contributed by atoms with Crippen LogP contribution in [-0.4, -0.2) is 60.5 Å². The molecule has 1 fully saturated rings. The van der Waals surface area contributed by atoms with Gasteiger partial charge in [-0.3, -0.25) is 9.69 Å². The average Bonchev–Trinajstić information content (AvgIpc) is 2.73. The standard InChI is InChI=1S/C12H17N3O4S/c1-15(9-4-6-20(18,19)8-9)7-11(17)14-12-10(16)3-2-5-13-12/h2-3,5,9,16H,4,6-8H2,1H3,(H,13,14,17)/t9-/m0/s1. The Morgan fingerprint density at radius 2 is 2.35 bits per heavy atom. The molecule has 1 aromatic heterocycles. The van der Waals surface area contributed by atoms with Crippen molar-refractivity contribution in [1.29, 1.82) is 0 Å². The molecule has 1 aliphatic rings. The van der Waals surface area contributed by atoms with Gasteiger partial charge in [0.05, 0.1) is 18.1 Å². The van der Waals surface area contributed by atoms with Crippen molar-refractivity contribution in [3.63, 3.8) is 0 Å². The fourth-order valence-corrected chi connectivity index (χ4v) is 3.95. The number of sulfone groups is 1. The van der Waals surface area contributed by atoms with Crippen LogP contribution in [0.25, 0.3) is 0 Å². The number of amides is 1. The third-order valence-electron chi connectivity index (χ3n) is 3.27. The monoisotopic (exact) mass is 299 g/mol. The summed E-state index contributed by atoms with van der Waals surface area (Å²) in [6.45, 7) is 0.0518. The summed E-state index contributed by atoms with van der Waals surface area (Å²) in [5, 5.41) is 12.0. The van der Waals surface area contributed by atoms with Crippen molar-refractivity contribution in [3.8, 4) is 5.75 Å². The van der Waals surface area contributed by atoms with Crippen LogP contribution in [0.5, 0.6) is 5.75 Å². The molecule has 1 amide bonds. The van der Waals surface area contributed by atoms with Gasteiger partial charge in [0, 0.05) is 12.2 Å². The van der Waals surface area contributed by atoms with E-state index in [1.807, 2.05) is 0 Å². The number of likely N-dealkylation sites (N-methyl/N-ethyl adjacent to an activating group) is 1. The number of aromatic hydroxyl groups is 1. The fourth-order valence-electron chi connectivity index (χ4n) is 2.14. The van der Waals surface area contributed by atoms with E-state index in [0.29, 0.717) is 6.42 Å². The molecule has 1 atom stereocenters. The van der Waals surface area contributed by atoms with E-state index in [1.54, 1.807) is 18.0 Å². The van der Waals surface area contributed by atoms with Crippen LogP contribution in [-0.2, 0) is 14.6 Å². The van der Waals surface area contributed by atoms with Gasteiger partial charge in [0.1, 0.15) is 0 Å². The van der Waals surface area contributed by atoms with Crippen molar-refractivity contribution in [2.75, 3.05) is 30.4 Å². The summed E-state index contributed by atoms with van der Waals surface area (Å²) < 4.78 is 22.8. The van der Waals surface area contributed by atoms with E-state index in [0.717, 1.165) is 0 Å². The predicted octanol–water partition coefficient (Wildman–Crippen LogP) is -0.155. The maximum Gasteiger partial charge on any atom is 0.239 e. The highest BCUT2D eigenvalue weighted by atomic mass is 32.2. The van der Waals surface area contributed by atoms with Gasteiger partial charge in [-0.05, 0) is 25.6 Å². The number of nitrogens with zero attached hydrogens (tertiary/aromatic N) is 2. The molecule has 2 rings (SSSR count). The topological polar surface area (TPSA) is 99.6 Å². The number of carbonyl (C=O) groups excluding carboxylic acids is 1. The molecule has 1 aromatic rings. The van der Waals surface area contributed by atoms with Gasteiger partial charge in [0.15, 0.2) is 21.4 Å². The summed E-state index contributed by atoms with van der Waals surface area (Å²) >= 11 is 0. The SMILES string of the molecule is CN(CC(=O)Nc1ncccc1O)[C@H]1CCS(=O)(=O)C1. The highest BCUT2D eigenvalue weighted by molar-refractivity contribution is 7.91. The van der Waals surface area contributed by atoms with Crippen LogP contribution >= 0.6 is 0 Å². The van der Waals surface area contributed by atoms with Crippen LogP contribution < -0.4 is 5.32 Å². The minimum Gasteiger partial charge on any atom is -0.504 e. The van der Waals surface area contributed by atoms with E-state index < -0.39 is 9.84 Å². The summed E-state index contributed by atoms with van der Waals surface area (Å²) in [4.78, 5) is 17.4. The van der Waals surface area contributed by atoms with E-state index >= 15 is 0 Å². The largest absolute Gasteiger partial charge is 0.504 e. The Morgan fingerprint density at radius 1 is 1.60 bits per heavy atom. The average molecular weight is 299 g/mol. The molecule has 0 aromatic carbocycles. The van der Waals surface area contributed by atoms with Gasteiger partial charge in [-0.1, -0.05) is 0 Å². The van der Waals surface area contributed by atoms with Crippen LogP contribution in [0, 0.1) is 0 Å². The van der Waals surface area contributed by atoms with Gasteiger partial charge in [0.2, 0.25) is 5.91 Å². The Labute approximate surface area is 117 Å². The molecule has 8 heteroatoms. The van der Waals surface area contributed by atoms with Gasteiger partial charge in [-0.25, -0.2) is 13.4 Å². The second kappa shape index (κ2) is 5.76. The third kappa shape index (κ3) is 3.67. The molecule has 0 aliphatic carbocycles. The smallest absolute Gasteiger partial charge is 0.239 e. The Hall–Kier alpha value is -1.67. The number of pyridine rings is 1. The Kier molecular flexibility index (Phi) is 4.24. The van der Waals surface area contributed by atoms with Crippen LogP contribution in [0.2, 0.25) is 0 Å². The highest BCUT2D eigenvalue weighted by Crippen LogP contribution is 2.19. The molecule has 0 unspecified atom stereocenters. The first-order valence-electron chi connectivity index (χ1n) is 6.22. The predicted molar refractivity (Wildman–Crippen MR) is 74.2 cm³/mol. The first kappa shape index (κ1) is 14.7. The number of hydrogen-bond acceptors (Lipinski definition) is 6. The summed E-state index contributed by atoms with van der Waals surface area (Å²) in [6.07, 6.45) is 2.00. The lowest BCUT2D eigenvalue weighted by Crippen LogP contribution is -2.38. The molecular formula is C12H17N3O4S. The molecule has 1 saturated heterocycles. The van der Waals surface area contributed by atoms with Crippen molar-refractivity contribution >= 4 is 21.6 Å². The number of carbonyl (C=O) groups is 1. The first-order valence-corrected chi connectivity index (χ1v) is 8.04.